The normalized spacial score (nSPS) is 18.3. The zero-order valence-electron chi connectivity index (χ0n) is 10.8. The summed E-state index contributed by atoms with van der Waals surface area (Å²) < 4.78 is 10.5. The van der Waals surface area contributed by atoms with Crippen molar-refractivity contribution in [1.29, 1.82) is 0 Å². The van der Waals surface area contributed by atoms with Gasteiger partial charge in [-0.2, -0.15) is 4.98 Å². The molecular formula is C14H14N2O4. The third kappa shape index (κ3) is 2.70. The molecule has 6 nitrogen and oxygen atoms in total. The molecule has 1 saturated heterocycles. The number of ether oxygens (including phenoxy) is 1. The van der Waals surface area contributed by atoms with Gasteiger partial charge < -0.3 is 14.4 Å². The molecule has 1 unspecified atom stereocenters. The summed E-state index contributed by atoms with van der Waals surface area (Å²) in [6.07, 6.45) is 1.74. The van der Waals surface area contributed by atoms with E-state index in [1.54, 1.807) is 12.1 Å². The van der Waals surface area contributed by atoms with Gasteiger partial charge in [-0.05, 0) is 30.5 Å². The highest BCUT2D eigenvalue weighted by Gasteiger charge is 2.19. The molecule has 0 aliphatic carbocycles. The van der Waals surface area contributed by atoms with E-state index in [2.05, 4.69) is 10.1 Å². The highest BCUT2D eigenvalue weighted by Crippen LogP contribution is 2.21. The second-order valence-corrected chi connectivity index (χ2v) is 4.84. The molecule has 6 heteroatoms. The molecule has 2 heterocycles. The van der Waals surface area contributed by atoms with E-state index in [1.165, 1.54) is 12.1 Å². The van der Waals surface area contributed by atoms with Crippen molar-refractivity contribution in [1.82, 2.24) is 10.1 Å². The third-order valence-corrected chi connectivity index (χ3v) is 3.32. The molecule has 2 aromatic rings. The maximum absolute atomic E-state index is 10.9. The first-order chi connectivity index (χ1) is 9.72. The maximum atomic E-state index is 10.9. The number of carboxylic acid groups (broad SMARTS) is 1. The van der Waals surface area contributed by atoms with Crippen LogP contribution in [0, 0.1) is 5.92 Å². The van der Waals surface area contributed by atoms with Crippen LogP contribution in [0.25, 0.3) is 11.5 Å². The van der Waals surface area contributed by atoms with Gasteiger partial charge in [0, 0.05) is 25.2 Å². The van der Waals surface area contributed by atoms with E-state index in [9.17, 15) is 4.79 Å². The number of aromatic carboxylic acids is 1. The molecule has 1 aromatic carbocycles. The molecule has 1 aliphatic heterocycles. The minimum atomic E-state index is -0.977. The lowest BCUT2D eigenvalue weighted by molar-refractivity contribution is 0.0697. The predicted molar refractivity (Wildman–Crippen MR) is 69.3 cm³/mol. The van der Waals surface area contributed by atoms with Gasteiger partial charge in [0.25, 0.3) is 5.89 Å². The summed E-state index contributed by atoms with van der Waals surface area (Å²) in [6, 6.07) is 6.47. The summed E-state index contributed by atoms with van der Waals surface area (Å²) in [5, 5.41) is 12.9. The van der Waals surface area contributed by atoms with E-state index in [1.807, 2.05) is 0 Å². The van der Waals surface area contributed by atoms with Crippen molar-refractivity contribution >= 4 is 5.97 Å². The van der Waals surface area contributed by atoms with E-state index in [0.29, 0.717) is 23.2 Å². The zero-order chi connectivity index (χ0) is 13.9. The second-order valence-electron chi connectivity index (χ2n) is 4.84. The van der Waals surface area contributed by atoms with Crippen LogP contribution in [0.4, 0.5) is 0 Å². The Kier molecular flexibility index (Phi) is 3.47. The molecule has 0 radical (unpaired) electrons. The highest BCUT2D eigenvalue weighted by molar-refractivity contribution is 5.88. The van der Waals surface area contributed by atoms with Gasteiger partial charge in [0.15, 0.2) is 5.82 Å². The van der Waals surface area contributed by atoms with Crippen LogP contribution >= 0.6 is 0 Å². The lowest BCUT2D eigenvalue weighted by atomic mass is 10.1. The molecule has 1 aromatic heterocycles. The Morgan fingerprint density at radius 3 is 3.10 bits per heavy atom. The number of hydrogen-bond acceptors (Lipinski definition) is 5. The Balaban J connectivity index is 1.78. The number of aromatic nitrogens is 2. The van der Waals surface area contributed by atoms with Gasteiger partial charge in [-0.25, -0.2) is 4.79 Å². The Bertz CT molecular complexity index is 617. The lowest BCUT2D eigenvalue weighted by Crippen LogP contribution is -2.04. The molecule has 1 fully saturated rings. The average molecular weight is 274 g/mol. The zero-order valence-corrected chi connectivity index (χ0v) is 10.8. The van der Waals surface area contributed by atoms with Crippen molar-refractivity contribution in [3.8, 4) is 11.5 Å². The lowest BCUT2D eigenvalue weighted by Gasteiger charge is -2.01. The third-order valence-electron chi connectivity index (χ3n) is 3.32. The van der Waals surface area contributed by atoms with Crippen LogP contribution in [-0.2, 0) is 11.2 Å². The summed E-state index contributed by atoms with van der Waals surface area (Å²) >= 11 is 0. The molecule has 1 atom stereocenters. The van der Waals surface area contributed by atoms with Crippen LogP contribution < -0.4 is 0 Å². The van der Waals surface area contributed by atoms with Crippen molar-refractivity contribution in [3.63, 3.8) is 0 Å². The van der Waals surface area contributed by atoms with Gasteiger partial charge in [-0.1, -0.05) is 11.2 Å². The molecule has 0 spiro atoms. The quantitative estimate of drug-likeness (QED) is 0.918. The van der Waals surface area contributed by atoms with Crippen LogP contribution in [-0.4, -0.2) is 34.4 Å². The molecular weight excluding hydrogens is 260 g/mol. The fraction of sp³-hybridized carbons (Fsp3) is 0.357. The van der Waals surface area contributed by atoms with Gasteiger partial charge in [0.2, 0.25) is 0 Å². The molecule has 1 aliphatic rings. The minimum absolute atomic E-state index is 0.200. The van der Waals surface area contributed by atoms with Crippen molar-refractivity contribution in [2.24, 2.45) is 5.92 Å². The number of carboxylic acids is 1. The van der Waals surface area contributed by atoms with E-state index < -0.39 is 5.97 Å². The highest BCUT2D eigenvalue weighted by atomic mass is 16.5. The molecule has 0 saturated carbocycles. The molecule has 0 bridgehead atoms. The Labute approximate surface area is 115 Å². The summed E-state index contributed by atoms with van der Waals surface area (Å²) in [4.78, 5) is 15.3. The van der Waals surface area contributed by atoms with Crippen molar-refractivity contribution in [2.75, 3.05) is 13.2 Å². The van der Waals surface area contributed by atoms with Crippen molar-refractivity contribution in [2.45, 2.75) is 12.8 Å². The monoisotopic (exact) mass is 274 g/mol. The SMILES string of the molecule is O=C(O)c1cccc(-c2nc(CC3CCOC3)no2)c1. The summed E-state index contributed by atoms with van der Waals surface area (Å²) in [5.74, 6) is 0.443. The van der Waals surface area contributed by atoms with Gasteiger partial charge in [-0.3, -0.25) is 0 Å². The number of nitrogens with zero attached hydrogens (tertiary/aromatic N) is 2. The summed E-state index contributed by atoms with van der Waals surface area (Å²) in [7, 11) is 0. The van der Waals surface area contributed by atoms with E-state index in [0.717, 1.165) is 26.1 Å². The Morgan fingerprint density at radius 1 is 1.45 bits per heavy atom. The van der Waals surface area contributed by atoms with Gasteiger partial charge in [-0.15, -0.1) is 0 Å². The van der Waals surface area contributed by atoms with E-state index in [-0.39, 0.29) is 5.56 Å². The van der Waals surface area contributed by atoms with Crippen LogP contribution in [0.5, 0.6) is 0 Å². The number of benzene rings is 1. The number of rotatable bonds is 4. The van der Waals surface area contributed by atoms with Crippen LogP contribution in [0.2, 0.25) is 0 Å². The molecule has 0 amide bonds. The molecule has 1 N–H and O–H groups in total. The van der Waals surface area contributed by atoms with Gasteiger partial charge in [0.05, 0.1) is 5.56 Å². The minimum Gasteiger partial charge on any atom is -0.478 e. The smallest absolute Gasteiger partial charge is 0.335 e. The Morgan fingerprint density at radius 2 is 2.35 bits per heavy atom. The first kappa shape index (κ1) is 12.8. The van der Waals surface area contributed by atoms with Crippen molar-refractivity contribution in [3.05, 3.63) is 35.7 Å². The average Bonchev–Trinajstić information content (AvgIpc) is 3.11. The first-order valence-corrected chi connectivity index (χ1v) is 6.46. The molecule has 104 valence electrons. The molecule has 3 rings (SSSR count). The standard InChI is InChI=1S/C14H14N2O4/c17-14(18)11-3-1-2-10(7-11)13-15-12(16-20-13)6-9-4-5-19-8-9/h1-3,7,9H,4-6,8H2,(H,17,18). The van der Waals surface area contributed by atoms with Gasteiger partial charge >= 0.3 is 5.97 Å². The fourth-order valence-corrected chi connectivity index (χ4v) is 2.24. The van der Waals surface area contributed by atoms with Crippen LogP contribution in [0.15, 0.2) is 28.8 Å². The van der Waals surface area contributed by atoms with E-state index in [4.69, 9.17) is 14.4 Å². The first-order valence-electron chi connectivity index (χ1n) is 6.46. The fourth-order valence-electron chi connectivity index (χ4n) is 2.24. The van der Waals surface area contributed by atoms with E-state index >= 15 is 0 Å². The largest absolute Gasteiger partial charge is 0.478 e. The maximum Gasteiger partial charge on any atom is 0.335 e. The second kappa shape index (κ2) is 5.42. The van der Waals surface area contributed by atoms with Crippen LogP contribution in [0.1, 0.15) is 22.6 Å². The summed E-state index contributed by atoms with van der Waals surface area (Å²) in [5.41, 5.74) is 0.817. The summed E-state index contributed by atoms with van der Waals surface area (Å²) in [6.45, 7) is 1.52. The predicted octanol–water partition coefficient (Wildman–Crippen LogP) is 2.01. The topological polar surface area (TPSA) is 85.5 Å². The van der Waals surface area contributed by atoms with Gasteiger partial charge in [0.1, 0.15) is 0 Å². The van der Waals surface area contributed by atoms with Crippen LogP contribution in [0.3, 0.4) is 0 Å². The Hall–Kier alpha value is -2.21. The number of hydrogen-bond donors (Lipinski definition) is 1. The number of carbonyl (C=O) groups is 1. The molecule has 20 heavy (non-hydrogen) atoms. The van der Waals surface area contributed by atoms with Crippen molar-refractivity contribution < 1.29 is 19.2 Å².